The van der Waals surface area contributed by atoms with Gasteiger partial charge in [0.15, 0.2) is 0 Å². The van der Waals surface area contributed by atoms with Crippen LogP contribution in [0.15, 0.2) is 27.1 Å². The van der Waals surface area contributed by atoms with Gasteiger partial charge in [0.05, 0.1) is 12.2 Å². The molecular weight excluding hydrogens is 362 g/mol. The van der Waals surface area contributed by atoms with Crippen LogP contribution in [0.5, 0.6) is 0 Å². The van der Waals surface area contributed by atoms with Gasteiger partial charge in [0.2, 0.25) is 5.91 Å². The van der Waals surface area contributed by atoms with Gasteiger partial charge >= 0.3 is 0 Å². The molecule has 0 aliphatic rings. The summed E-state index contributed by atoms with van der Waals surface area (Å²) in [6.07, 6.45) is 0.895. The van der Waals surface area contributed by atoms with Crippen molar-refractivity contribution in [1.82, 2.24) is 4.90 Å². The second-order valence-electron chi connectivity index (χ2n) is 4.05. The largest absolute Gasteiger partial charge is 0.330 e. The Hall–Kier alpha value is -0.430. The van der Waals surface area contributed by atoms with E-state index in [9.17, 15) is 4.79 Å². The first kappa shape index (κ1) is 15.6. The van der Waals surface area contributed by atoms with Gasteiger partial charge in [-0.1, -0.05) is 15.9 Å². The van der Waals surface area contributed by atoms with Crippen LogP contribution in [-0.2, 0) is 4.79 Å². The Morgan fingerprint density at radius 2 is 2.17 bits per heavy atom. The molecule has 0 aromatic heterocycles. The molecule has 3 N–H and O–H groups in total. The molecule has 6 heteroatoms. The number of nitrogens with one attached hydrogen (secondary N) is 1. The third-order valence-electron chi connectivity index (χ3n) is 2.36. The van der Waals surface area contributed by atoms with Crippen LogP contribution in [0.25, 0.3) is 0 Å². The molecule has 0 saturated carbocycles. The van der Waals surface area contributed by atoms with Gasteiger partial charge in [-0.2, -0.15) is 0 Å². The van der Waals surface area contributed by atoms with Crippen LogP contribution < -0.4 is 11.1 Å². The van der Waals surface area contributed by atoms with E-state index in [4.69, 9.17) is 5.73 Å². The number of amides is 1. The average Bonchev–Trinajstić information content (AvgIpc) is 2.30. The smallest absolute Gasteiger partial charge is 0.238 e. The Morgan fingerprint density at radius 1 is 1.44 bits per heavy atom. The zero-order valence-electron chi connectivity index (χ0n) is 10.2. The van der Waals surface area contributed by atoms with Gasteiger partial charge in [-0.15, -0.1) is 0 Å². The molecule has 4 nitrogen and oxygen atoms in total. The number of hydrogen-bond acceptors (Lipinski definition) is 3. The zero-order valence-corrected chi connectivity index (χ0v) is 13.4. The zero-order chi connectivity index (χ0) is 13.5. The molecule has 0 saturated heterocycles. The van der Waals surface area contributed by atoms with Crippen molar-refractivity contribution >= 4 is 43.5 Å². The first-order valence-corrected chi connectivity index (χ1v) is 7.25. The number of nitrogens with zero attached hydrogens (tertiary/aromatic N) is 1. The number of nitrogens with two attached hydrogens (primary N) is 1. The maximum atomic E-state index is 11.8. The molecule has 0 aliphatic heterocycles. The van der Waals surface area contributed by atoms with Crippen molar-refractivity contribution in [2.24, 2.45) is 5.73 Å². The summed E-state index contributed by atoms with van der Waals surface area (Å²) in [5, 5.41) is 2.87. The monoisotopic (exact) mass is 377 g/mol. The van der Waals surface area contributed by atoms with Gasteiger partial charge in [0.25, 0.3) is 0 Å². The molecule has 0 atom stereocenters. The number of hydrogen-bond donors (Lipinski definition) is 2. The maximum absolute atomic E-state index is 11.8. The molecule has 1 aromatic carbocycles. The standard InChI is InChI=1S/C12H17Br2N3O/c1-17(6-2-5-15)8-12(18)16-11-4-3-9(13)7-10(11)14/h3-4,7H,2,5-6,8,15H2,1H3,(H,16,18). The van der Waals surface area contributed by atoms with Crippen LogP contribution in [0, 0.1) is 0 Å². The Labute approximate surface area is 124 Å². The van der Waals surface area contributed by atoms with E-state index >= 15 is 0 Å². The van der Waals surface area contributed by atoms with E-state index in [2.05, 4.69) is 37.2 Å². The van der Waals surface area contributed by atoms with Crippen molar-refractivity contribution in [3.05, 3.63) is 27.1 Å². The van der Waals surface area contributed by atoms with Crippen LogP contribution >= 0.6 is 31.9 Å². The van der Waals surface area contributed by atoms with Crippen LogP contribution in [0.1, 0.15) is 6.42 Å². The number of halogens is 2. The van der Waals surface area contributed by atoms with Gasteiger partial charge in [-0.05, 0) is 60.7 Å². The molecule has 1 rings (SSSR count). The first-order valence-electron chi connectivity index (χ1n) is 5.66. The predicted molar refractivity (Wildman–Crippen MR) is 81.6 cm³/mol. The Balaban J connectivity index is 2.49. The fourth-order valence-electron chi connectivity index (χ4n) is 1.47. The van der Waals surface area contributed by atoms with Crippen LogP contribution in [0.2, 0.25) is 0 Å². The molecule has 0 heterocycles. The van der Waals surface area contributed by atoms with Crippen LogP contribution in [0.4, 0.5) is 5.69 Å². The fourth-order valence-corrected chi connectivity index (χ4v) is 2.61. The number of anilines is 1. The summed E-state index contributed by atoms with van der Waals surface area (Å²) in [5.41, 5.74) is 6.20. The molecule has 0 fully saturated rings. The lowest BCUT2D eigenvalue weighted by atomic mass is 10.3. The van der Waals surface area contributed by atoms with Gasteiger partial charge in [-0.25, -0.2) is 0 Å². The number of carbonyl (C=O) groups is 1. The van der Waals surface area contributed by atoms with Gasteiger partial charge < -0.3 is 11.1 Å². The maximum Gasteiger partial charge on any atom is 0.238 e. The third kappa shape index (κ3) is 5.48. The highest BCUT2D eigenvalue weighted by Crippen LogP contribution is 2.25. The molecular formula is C12H17Br2N3O. The summed E-state index contributed by atoms with van der Waals surface area (Å²) in [7, 11) is 1.91. The molecule has 0 bridgehead atoms. The second-order valence-corrected chi connectivity index (χ2v) is 5.82. The predicted octanol–water partition coefficient (Wildman–Crippen LogP) is 2.43. The molecule has 1 amide bonds. The van der Waals surface area contributed by atoms with E-state index in [-0.39, 0.29) is 5.91 Å². The third-order valence-corrected chi connectivity index (χ3v) is 3.51. The van der Waals surface area contributed by atoms with E-state index in [0.717, 1.165) is 27.6 Å². The van der Waals surface area contributed by atoms with E-state index < -0.39 is 0 Å². The number of benzene rings is 1. The van der Waals surface area contributed by atoms with Crippen molar-refractivity contribution in [3.8, 4) is 0 Å². The molecule has 100 valence electrons. The SMILES string of the molecule is CN(CCCN)CC(=O)Nc1ccc(Br)cc1Br. The summed E-state index contributed by atoms with van der Waals surface area (Å²) in [6, 6.07) is 5.64. The fraction of sp³-hybridized carbons (Fsp3) is 0.417. The Morgan fingerprint density at radius 3 is 2.78 bits per heavy atom. The minimum atomic E-state index is -0.0301. The lowest BCUT2D eigenvalue weighted by Gasteiger charge is -2.16. The summed E-state index contributed by atoms with van der Waals surface area (Å²) in [6.45, 7) is 1.83. The van der Waals surface area contributed by atoms with E-state index in [1.54, 1.807) is 0 Å². The topological polar surface area (TPSA) is 58.4 Å². The summed E-state index contributed by atoms with van der Waals surface area (Å²) in [4.78, 5) is 13.8. The number of carbonyl (C=O) groups excluding carboxylic acids is 1. The second kappa shape index (κ2) is 7.89. The van der Waals surface area contributed by atoms with Crippen LogP contribution in [-0.4, -0.2) is 37.5 Å². The summed E-state index contributed by atoms with van der Waals surface area (Å²) >= 11 is 6.78. The first-order chi connectivity index (χ1) is 8.52. The normalized spacial score (nSPS) is 10.7. The van der Waals surface area contributed by atoms with Crippen molar-refractivity contribution in [3.63, 3.8) is 0 Å². The highest BCUT2D eigenvalue weighted by molar-refractivity contribution is 9.11. The lowest BCUT2D eigenvalue weighted by molar-refractivity contribution is -0.117. The highest BCUT2D eigenvalue weighted by Gasteiger charge is 2.08. The van der Waals surface area contributed by atoms with Gasteiger partial charge in [0.1, 0.15) is 0 Å². The van der Waals surface area contributed by atoms with Crippen molar-refractivity contribution in [1.29, 1.82) is 0 Å². The van der Waals surface area contributed by atoms with Gasteiger partial charge in [0, 0.05) is 8.95 Å². The van der Waals surface area contributed by atoms with Crippen LogP contribution in [0.3, 0.4) is 0 Å². The molecule has 0 unspecified atom stereocenters. The molecule has 1 aromatic rings. The lowest BCUT2D eigenvalue weighted by Crippen LogP contribution is -2.31. The molecule has 18 heavy (non-hydrogen) atoms. The highest BCUT2D eigenvalue weighted by atomic mass is 79.9. The van der Waals surface area contributed by atoms with E-state index in [1.807, 2.05) is 30.1 Å². The van der Waals surface area contributed by atoms with Crippen molar-refractivity contribution < 1.29 is 4.79 Å². The van der Waals surface area contributed by atoms with Gasteiger partial charge in [-0.3, -0.25) is 9.69 Å². The number of rotatable bonds is 6. The number of likely N-dealkylation sites (N-methyl/N-ethyl adjacent to an activating group) is 1. The van der Waals surface area contributed by atoms with E-state index in [1.165, 1.54) is 0 Å². The van der Waals surface area contributed by atoms with Crippen molar-refractivity contribution in [2.75, 3.05) is 32.0 Å². The Kier molecular flexibility index (Phi) is 6.85. The summed E-state index contributed by atoms with van der Waals surface area (Å²) < 4.78 is 1.82. The summed E-state index contributed by atoms with van der Waals surface area (Å²) in [5.74, 6) is -0.0301. The quantitative estimate of drug-likeness (QED) is 0.799. The average molecular weight is 379 g/mol. The van der Waals surface area contributed by atoms with Crippen molar-refractivity contribution in [2.45, 2.75) is 6.42 Å². The molecule has 0 aliphatic carbocycles. The Bertz CT molecular complexity index is 412. The minimum Gasteiger partial charge on any atom is -0.330 e. The molecule has 0 radical (unpaired) electrons. The minimum absolute atomic E-state index is 0.0301. The van der Waals surface area contributed by atoms with E-state index in [0.29, 0.717) is 13.1 Å². The molecule has 0 spiro atoms.